The monoisotopic (exact) mass is 352 g/mol. The number of hydrogen-bond donors (Lipinski definition) is 0. The second-order valence-electron chi connectivity index (χ2n) is 5.72. The molecule has 0 aliphatic carbocycles. The van der Waals surface area contributed by atoms with Crippen molar-refractivity contribution in [3.63, 3.8) is 0 Å². The zero-order valence-electron chi connectivity index (χ0n) is 14.9. The van der Waals surface area contributed by atoms with Crippen molar-refractivity contribution >= 4 is 12.1 Å². The van der Waals surface area contributed by atoms with E-state index in [0.717, 1.165) is 17.5 Å². The molecule has 6 nitrogen and oxygen atoms in total. The van der Waals surface area contributed by atoms with Crippen molar-refractivity contribution in [3.8, 4) is 22.8 Å². The average molecular weight is 352 g/mol. The van der Waals surface area contributed by atoms with Gasteiger partial charge in [0.1, 0.15) is 11.4 Å². The van der Waals surface area contributed by atoms with Crippen LogP contribution in [0.4, 0.5) is 5.69 Å². The van der Waals surface area contributed by atoms with Gasteiger partial charge in [-0.1, -0.05) is 41.6 Å². The number of amides is 1. The molecule has 0 atom stereocenters. The van der Waals surface area contributed by atoms with Crippen LogP contribution in [0.2, 0.25) is 0 Å². The fourth-order valence-electron chi connectivity index (χ4n) is 2.84. The molecule has 0 spiro atoms. The Morgan fingerprint density at radius 3 is 2.46 bits per heavy atom. The summed E-state index contributed by atoms with van der Waals surface area (Å²) in [4.78, 5) is 13.4. The minimum absolute atomic E-state index is 0.353. The van der Waals surface area contributed by atoms with E-state index in [2.05, 4.69) is 5.16 Å². The summed E-state index contributed by atoms with van der Waals surface area (Å²) in [5.41, 5.74) is 3.07. The highest BCUT2D eigenvalue weighted by Crippen LogP contribution is 2.34. The lowest BCUT2D eigenvalue weighted by atomic mass is 10.1. The van der Waals surface area contributed by atoms with Gasteiger partial charge in [-0.2, -0.15) is 0 Å². The van der Waals surface area contributed by atoms with Gasteiger partial charge in [0.2, 0.25) is 6.41 Å². The molecule has 0 saturated carbocycles. The minimum atomic E-state index is 0.353. The van der Waals surface area contributed by atoms with Crippen molar-refractivity contribution in [1.82, 2.24) is 5.16 Å². The van der Waals surface area contributed by atoms with Gasteiger partial charge >= 0.3 is 0 Å². The average Bonchev–Trinajstić information content (AvgIpc) is 3.08. The molecule has 3 rings (SSSR count). The summed E-state index contributed by atoms with van der Waals surface area (Å²) in [5, 5.41) is 4.14. The van der Waals surface area contributed by atoms with E-state index in [1.165, 1.54) is 0 Å². The summed E-state index contributed by atoms with van der Waals surface area (Å²) in [5.74, 6) is 1.83. The Bertz CT molecular complexity index is 890. The fourth-order valence-corrected chi connectivity index (χ4v) is 2.84. The van der Waals surface area contributed by atoms with Crippen LogP contribution >= 0.6 is 0 Å². The molecule has 1 heterocycles. The van der Waals surface area contributed by atoms with Gasteiger partial charge in [-0.3, -0.25) is 4.79 Å². The highest BCUT2D eigenvalue weighted by Gasteiger charge is 2.21. The quantitative estimate of drug-likeness (QED) is 0.605. The first-order chi connectivity index (χ1) is 12.7. The molecule has 0 bridgehead atoms. The van der Waals surface area contributed by atoms with Crippen molar-refractivity contribution in [2.24, 2.45) is 0 Å². The smallest absolute Gasteiger partial charge is 0.214 e. The van der Waals surface area contributed by atoms with Crippen LogP contribution in [0.5, 0.6) is 11.5 Å². The third kappa shape index (κ3) is 3.39. The van der Waals surface area contributed by atoms with Crippen LogP contribution in [0, 0.1) is 6.92 Å². The summed E-state index contributed by atoms with van der Waals surface area (Å²) in [6.07, 6.45) is 0.780. The van der Waals surface area contributed by atoms with E-state index in [0.29, 0.717) is 35.2 Å². The first kappa shape index (κ1) is 17.5. The van der Waals surface area contributed by atoms with Crippen LogP contribution in [-0.4, -0.2) is 25.8 Å². The van der Waals surface area contributed by atoms with Gasteiger partial charge in [0, 0.05) is 5.56 Å². The number of carbonyl (C=O) groups excluding carboxylic acids is 1. The van der Waals surface area contributed by atoms with Gasteiger partial charge in [-0.25, -0.2) is 0 Å². The molecule has 26 heavy (non-hydrogen) atoms. The van der Waals surface area contributed by atoms with Crippen molar-refractivity contribution in [1.29, 1.82) is 0 Å². The Labute approximate surface area is 151 Å². The van der Waals surface area contributed by atoms with Gasteiger partial charge in [0.25, 0.3) is 0 Å². The molecule has 0 aliphatic rings. The molecule has 0 aliphatic heterocycles. The maximum Gasteiger partial charge on any atom is 0.214 e. The van der Waals surface area contributed by atoms with Crippen LogP contribution in [0.3, 0.4) is 0 Å². The number of aromatic nitrogens is 1. The summed E-state index contributed by atoms with van der Waals surface area (Å²) in [6, 6.07) is 15.2. The molecule has 6 heteroatoms. The Hall–Kier alpha value is -3.28. The molecule has 0 N–H and O–H groups in total. The third-order valence-corrected chi connectivity index (χ3v) is 4.09. The predicted octanol–water partition coefficient (Wildman–Crippen LogP) is 3.83. The van der Waals surface area contributed by atoms with Crippen LogP contribution in [-0.2, 0) is 11.3 Å². The maximum atomic E-state index is 11.8. The number of anilines is 1. The van der Waals surface area contributed by atoms with E-state index in [1.807, 2.05) is 48.5 Å². The summed E-state index contributed by atoms with van der Waals surface area (Å²) < 4.78 is 16.0. The summed E-state index contributed by atoms with van der Waals surface area (Å²) in [6.45, 7) is 2.14. The number of aryl methyl sites for hydroxylation is 1. The molecule has 0 saturated heterocycles. The lowest BCUT2D eigenvalue weighted by Crippen LogP contribution is -2.21. The van der Waals surface area contributed by atoms with Gasteiger partial charge < -0.3 is 18.9 Å². The first-order valence-electron chi connectivity index (χ1n) is 8.12. The van der Waals surface area contributed by atoms with Crippen molar-refractivity contribution in [3.05, 3.63) is 59.9 Å². The van der Waals surface area contributed by atoms with Crippen molar-refractivity contribution in [2.45, 2.75) is 13.5 Å². The predicted molar refractivity (Wildman–Crippen MR) is 98.5 cm³/mol. The topological polar surface area (TPSA) is 64.8 Å². The van der Waals surface area contributed by atoms with E-state index >= 15 is 0 Å². The number of carbonyl (C=O) groups is 1. The van der Waals surface area contributed by atoms with E-state index in [1.54, 1.807) is 26.0 Å². The Kier molecular flexibility index (Phi) is 5.22. The number of hydrogen-bond acceptors (Lipinski definition) is 5. The largest absolute Gasteiger partial charge is 0.493 e. The number of nitrogens with zero attached hydrogens (tertiary/aromatic N) is 2. The van der Waals surface area contributed by atoms with E-state index in [9.17, 15) is 4.79 Å². The molecule has 0 radical (unpaired) electrons. The molecular formula is C20H20N2O4. The molecule has 0 unspecified atom stereocenters. The molecule has 0 fully saturated rings. The highest BCUT2D eigenvalue weighted by molar-refractivity contribution is 5.86. The standard InChI is InChI=1S/C20H20N2O4/c1-14-20(19(21-26-14)16-7-5-4-6-8-16)22(13-23)12-15-9-10-17(24-2)18(11-15)25-3/h4-11,13H,12H2,1-3H3. The zero-order chi connectivity index (χ0) is 18.5. The lowest BCUT2D eigenvalue weighted by molar-refractivity contribution is -0.107. The minimum Gasteiger partial charge on any atom is -0.493 e. The molecule has 1 aromatic heterocycles. The first-order valence-corrected chi connectivity index (χ1v) is 8.12. The highest BCUT2D eigenvalue weighted by atomic mass is 16.5. The van der Waals surface area contributed by atoms with Gasteiger partial charge in [-0.15, -0.1) is 0 Å². The molecule has 2 aromatic carbocycles. The number of rotatable bonds is 7. The van der Waals surface area contributed by atoms with Crippen molar-refractivity contribution < 1.29 is 18.8 Å². The Balaban J connectivity index is 1.96. The van der Waals surface area contributed by atoms with Gasteiger partial charge in [-0.05, 0) is 24.6 Å². The van der Waals surface area contributed by atoms with Crippen LogP contribution in [0.25, 0.3) is 11.3 Å². The maximum absolute atomic E-state index is 11.8. The van der Waals surface area contributed by atoms with Crippen LogP contribution in [0.15, 0.2) is 53.1 Å². The number of ether oxygens (including phenoxy) is 2. The van der Waals surface area contributed by atoms with E-state index in [4.69, 9.17) is 14.0 Å². The summed E-state index contributed by atoms with van der Waals surface area (Å²) in [7, 11) is 3.17. The Morgan fingerprint density at radius 2 is 1.81 bits per heavy atom. The van der Waals surface area contributed by atoms with Gasteiger partial charge in [0.15, 0.2) is 17.3 Å². The summed E-state index contributed by atoms with van der Waals surface area (Å²) >= 11 is 0. The van der Waals surface area contributed by atoms with E-state index in [-0.39, 0.29) is 0 Å². The normalized spacial score (nSPS) is 10.4. The van der Waals surface area contributed by atoms with Crippen molar-refractivity contribution in [2.75, 3.05) is 19.1 Å². The fraction of sp³-hybridized carbons (Fsp3) is 0.200. The van der Waals surface area contributed by atoms with Crippen LogP contribution < -0.4 is 14.4 Å². The third-order valence-electron chi connectivity index (χ3n) is 4.09. The number of methoxy groups -OCH3 is 2. The zero-order valence-corrected chi connectivity index (χ0v) is 14.9. The number of benzene rings is 2. The molecule has 3 aromatic rings. The Morgan fingerprint density at radius 1 is 1.08 bits per heavy atom. The molecular weight excluding hydrogens is 332 g/mol. The van der Waals surface area contributed by atoms with E-state index < -0.39 is 0 Å². The van der Waals surface area contributed by atoms with Gasteiger partial charge in [0.05, 0.1) is 20.8 Å². The lowest BCUT2D eigenvalue weighted by Gasteiger charge is -2.18. The van der Waals surface area contributed by atoms with Crippen LogP contribution in [0.1, 0.15) is 11.3 Å². The second kappa shape index (κ2) is 7.74. The SMILES string of the molecule is COc1ccc(CN(C=O)c2c(-c3ccccc3)noc2C)cc1OC. The second-order valence-corrected chi connectivity index (χ2v) is 5.72. The molecule has 134 valence electrons. The molecule has 1 amide bonds.